The van der Waals surface area contributed by atoms with Crippen molar-refractivity contribution in [1.82, 2.24) is 15.5 Å². The van der Waals surface area contributed by atoms with Crippen molar-refractivity contribution in [2.24, 2.45) is 0 Å². The van der Waals surface area contributed by atoms with Crippen molar-refractivity contribution in [3.63, 3.8) is 0 Å². The van der Waals surface area contributed by atoms with Crippen LogP contribution in [0.2, 0.25) is 0 Å². The van der Waals surface area contributed by atoms with Gasteiger partial charge >= 0.3 is 0 Å². The highest BCUT2D eigenvalue weighted by Crippen LogP contribution is 2.46. The van der Waals surface area contributed by atoms with Gasteiger partial charge in [0.15, 0.2) is 0 Å². The topological polar surface area (TPSA) is 44.4 Å². The fourth-order valence-corrected chi connectivity index (χ4v) is 3.92. The Morgan fingerprint density at radius 2 is 1.93 bits per heavy atom. The number of benzene rings is 2. The van der Waals surface area contributed by atoms with E-state index in [0.29, 0.717) is 5.70 Å². The maximum absolute atomic E-state index is 13.7. The Kier molecular flexibility index (Phi) is 3.83. The Morgan fingerprint density at radius 1 is 1.11 bits per heavy atom. The Hall–Kier alpha value is -3.34. The van der Waals surface area contributed by atoms with Gasteiger partial charge in [0.25, 0.3) is 5.91 Å². The molecular weight excluding hydrogens is 353 g/mol. The van der Waals surface area contributed by atoms with Gasteiger partial charge in [-0.3, -0.25) is 4.79 Å². The van der Waals surface area contributed by atoms with Gasteiger partial charge < -0.3 is 15.5 Å². The predicted octanol–water partition coefficient (Wildman–Crippen LogP) is 3.83. The van der Waals surface area contributed by atoms with Gasteiger partial charge in [0.05, 0.1) is 11.2 Å². The number of halogens is 1. The van der Waals surface area contributed by atoms with Crippen LogP contribution in [0.4, 0.5) is 4.39 Å². The summed E-state index contributed by atoms with van der Waals surface area (Å²) in [5.74, 6) is -0.434. The second kappa shape index (κ2) is 6.37. The van der Waals surface area contributed by atoms with Crippen LogP contribution in [0.15, 0.2) is 90.4 Å². The Bertz CT molecular complexity index is 1020. The van der Waals surface area contributed by atoms with Gasteiger partial charge in [0.1, 0.15) is 17.7 Å². The first-order valence-electron chi connectivity index (χ1n) is 9.44. The summed E-state index contributed by atoms with van der Waals surface area (Å²) >= 11 is 0. The zero-order valence-electron chi connectivity index (χ0n) is 15.2. The summed E-state index contributed by atoms with van der Waals surface area (Å²) in [6, 6.07) is 16.5. The SMILES string of the molecule is O=C(NC1(c2ccccc2)CC1)C1=C2C=CC=CN2C(c2cccc(F)c2)N1. The quantitative estimate of drug-likeness (QED) is 0.856. The normalized spacial score (nSPS) is 21.3. The number of nitrogens with zero attached hydrogens (tertiary/aromatic N) is 1. The number of fused-ring (bicyclic) bond motifs is 1. The molecule has 1 saturated carbocycles. The molecule has 0 aromatic heterocycles. The molecule has 5 rings (SSSR count). The molecule has 1 unspecified atom stereocenters. The number of carbonyl (C=O) groups is 1. The zero-order valence-corrected chi connectivity index (χ0v) is 15.2. The van der Waals surface area contributed by atoms with Crippen LogP contribution in [-0.2, 0) is 10.3 Å². The average molecular weight is 373 g/mol. The first-order chi connectivity index (χ1) is 13.7. The summed E-state index contributed by atoms with van der Waals surface area (Å²) in [6.07, 6.45) is 9.16. The molecule has 140 valence electrons. The fraction of sp³-hybridized carbons (Fsp3) is 0.174. The highest BCUT2D eigenvalue weighted by Gasteiger charge is 2.47. The first-order valence-corrected chi connectivity index (χ1v) is 9.44. The van der Waals surface area contributed by atoms with Gasteiger partial charge in [-0.25, -0.2) is 4.39 Å². The van der Waals surface area contributed by atoms with E-state index in [0.717, 1.165) is 29.7 Å². The maximum atomic E-state index is 13.7. The van der Waals surface area contributed by atoms with E-state index >= 15 is 0 Å². The summed E-state index contributed by atoms with van der Waals surface area (Å²) < 4.78 is 13.7. The van der Waals surface area contributed by atoms with Crippen LogP contribution in [0.1, 0.15) is 30.1 Å². The van der Waals surface area contributed by atoms with Gasteiger partial charge in [0.2, 0.25) is 0 Å². The zero-order chi connectivity index (χ0) is 19.1. The largest absolute Gasteiger partial charge is 0.355 e. The maximum Gasteiger partial charge on any atom is 0.270 e. The van der Waals surface area contributed by atoms with Gasteiger partial charge in [-0.1, -0.05) is 48.5 Å². The monoisotopic (exact) mass is 373 g/mol. The molecule has 0 saturated heterocycles. The number of nitrogens with one attached hydrogen (secondary N) is 2. The molecule has 2 N–H and O–H groups in total. The van der Waals surface area contributed by atoms with Gasteiger partial charge in [-0.15, -0.1) is 0 Å². The van der Waals surface area contributed by atoms with E-state index in [4.69, 9.17) is 0 Å². The molecule has 1 aliphatic carbocycles. The minimum atomic E-state index is -0.320. The van der Waals surface area contributed by atoms with Crippen molar-refractivity contribution in [3.05, 3.63) is 107 Å². The molecule has 3 aliphatic rings. The van der Waals surface area contributed by atoms with E-state index in [1.807, 2.05) is 53.6 Å². The lowest BCUT2D eigenvalue weighted by molar-refractivity contribution is -0.118. The molecule has 0 spiro atoms. The molecule has 2 aliphatic heterocycles. The van der Waals surface area contributed by atoms with Gasteiger partial charge in [-0.2, -0.15) is 0 Å². The predicted molar refractivity (Wildman–Crippen MR) is 105 cm³/mol. The number of hydrogen-bond acceptors (Lipinski definition) is 3. The number of carbonyl (C=O) groups excluding carboxylic acids is 1. The van der Waals surface area contributed by atoms with Crippen molar-refractivity contribution in [1.29, 1.82) is 0 Å². The smallest absolute Gasteiger partial charge is 0.270 e. The number of amides is 1. The fourth-order valence-electron chi connectivity index (χ4n) is 3.92. The van der Waals surface area contributed by atoms with Crippen LogP contribution in [-0.4, -0.2) is 10.8 Å². The highest BCUT2D eigenvalue weighted by molar-refractivity contribution is 5.95. The van der Waals surface area contributed by atoms with Crippen LogP contribution >= 0.6 is 0 Å². The third-order valence-corrected chi connectivity index (χ3v) is 5.53. The van der Waals surface area contributed by atoms with E-state index in [9.17, 15) is 9.18 Å². The van der Waals surface area contributed by atoms with Gasteiger partial charge in [-0.05, 0) is 48.3 Å². The van der Waals surface area contributed by atoms with Crippen molar-refractivity contribution in [2.75, 3.05) is 0 Å². The summed E-state index contributed by atoms with van der Waals surface area (Å²) in [7, 11) is 0. The summed E-state index contributed by atoms with van der Waals surface area (Å²) in [6.45, 7) is 0. The molecule has 5 heteroatoms. The molecule has 1 fully saturated rings. The molecule has 28 heavy (non-hydrogen) atoms. The number of rotatable bonds is 4. The Balaban J connectivity index is 1.44. The lowest BCUT2D eigenvalue weighted by Gasteiger charge is -2.26. The standard InChI is InChI=1S/C23H20FN3O/c24-18-10-6-7-16(15-18)21-25-20(19-11-4-5-14-27(19)21)22(28)26-23(12-13-23)17-8-2-1-3-9-17/h1-11,14-15,21,25H,12-13H2,(H,26,28). The average Bonchev–Trinajstić information content (AvgIpc) is 3.40. The van der Waals surface area contributed by atoms with Crippen LogP contribution in [0, 0.1) is 5.82 Å². The third-order valence-electron chi connectivity index (χ3n) is 5.53. The first kappa shape index (κ1) is 16.8. The van der Waals surface area contributed by atoms with Crippen LogP contribution in [0.5, 0.6) is 0 Å². The molecule has 4 nitrogen and oxygen atoms in total. The third kappa shape index (κ3) is 2.80. The van der Waals surface area contributed by atoms with Gasteiger partial charge in [0, 0.05) is 6.20 Å². The van der Waals surface area contributed by atoms with Crippen molar-refractivity contribution >= 4 is 5.91 Å². The second-order valence-corrected chi connectivity index (χ2v) is 7.37. The molecule has 0 radical (unpaired) electrons. The minimum absolute atomic E-state index is 0.139. The lowest BCUT2D eigenvalue weighted by Crippen LogP contribution is -2.38. The Labute approximate surface area is 163 Å². The van der Waals surface area contributed by atoms with Crippen LogP contribution in [0.3, 0.4) is 0 Å². The summed E-state index contributed by atoms with van der Waals surface area (Å²) in [5, 5.41) is 6.53. The summed E-state index contributed by atoms with van der Waals surface area (Å²) in [5.41, 5.74) is 2.91. The highest BCUT2D eigenvalue weighted by atomic mass is 19.1. The van der Waals surface area contributed by atoms with Crippen molar-refractivity contribution in [3.8, 4) is 0 Å². The van der Waals surface area contributed by atoms with Crippen molar-refractivity contribution in [2.45, 2.75) is 24.5 Å². The molecule has 2 heterocycles. The van der Waals surface area contributed by atoms with E-state index < -0.39 is 0 Å². The van der Waals surface area contributed by atoms with E-state index in [1.165, 1.54) is 12.1 Å². The van der Waals surface area contributed by atoms with Crippen molar-refractivity contribution < 1.29 is 9.18 Å². The van der Waals surface area contributed by atoms with E-state index in [1.54, 1.807) is 6.07 Å². The molecule has 0 bridgehead atoms. The van der Waals surface area contributed by atoms with Crippen LogP contribution in [0.25, 0.3) is 0 Å². The number of allylic oxidation sites excluding steroid dienone is 3. The van der Waals surface area contributed by atoms with Crippen LogP contribution < -0.4 is 10.6 Å². The number of hydrogen-bond donors (Lipinski definition) is 2. The van der Waals surface area contributed by atoms with E-state index in [-0.39, 0.29) is 23.4 Å². The molecule has 1 atom stereocenters. The second-order valence-electron chi connectivity index (χ2n) is 7.37. The molecular formula is C23H20FN3O. The minimum Gasteiger partial charge on any atom is -0.355 e. The molecule has 1 amide bonds. The molecule has 2 aromatic carbocycles. The lowest BCUT2D eigenvalue weighted by atomic mass is 10.0. The Morgan fingerprint density at radius 3 is 2.68 bits per heavy atom. The summed E-state index contributed by atoms with van der Waals surface area (Å²) in [4.78, 5) is 15.1. The van der Waals surface area contributed by atoms with E-state index in [2.05, 4.69) is 22.8 Å². The molecule has 2 aromatic rings.